The summed E-state index contributed by atoms with van der Waals surface area (Å²) in [7, 11) is 3.51. The fourth-order valence-electron chi connectivity index (χ4n) is 2.23. The Hall–Kier alpha value is -1.75. The molecule has 1 heterocycles. The molecule has 0 amide bonds. The van der Waals surface area contributed by atoms with E-state index in [0.29, 0.717) is 11.6 Å². The zero-order valence-electron chi connectivity index (χ0n) is 18.6. The van der Waals surface area contributed by atoms with Gasteiger partial charge in [-0.2, -0.15) is 0 Å². The number of nitrogens with zero attached hydrogens (tertiary/aromatic N) is 1. The van der Waals surface area contributed by atoms with Crippen molar-refractivity contribution in [3.05, 3.63) is 81.3 Å². The van der Waals surface area contributed by atoms with Crippen molar-refractivity contribution in [2.45, 2.75) is 40.5 Å². The summed E-state index contributed by atoms with van der Waals surface area (Å²) in [4.78, 5) is 5.58. The lowest BCUT2D eigenvalue weighted by atomic mass is 10.1. The molecule has 1 aliphatic heterocycles. The molecule has 1 aliphatic rings. The van der Waals surface area contributed by atoms with Crippen LogP contribution in [0.5, 0.6) is 0 Å². The summed E-state index contributed by atoms with van der Waals surface area (Å²) in [5.41, 5.74) is 3.47. The Labute approximate surface area is 186 Å². The minimum Gasteiger partial charge on any atom is -0.381 e. The Morgan fingerprint density at radius 2 is 1.93 bits per heavy atom. The van der Waals surface area contributed by atoms with Crippen LogP contribution in [0.15, 0.2) is 86.3 Å². The van der Waals surface area contributed by atoms with Gasteiger partial charge in [-0.05, 0) is 43.7 Å². The van der Waals surface area contributed by atoms with E-state index in [0.717, 1.165) is 29.9 Å². The summed E-state index contributed by atoms with van der Waals surface area (Å²) in [5.74, 6) is 0.929. The second-order valence-electron chi connectivity index (χ2n) is 5.99. The van der Waals surface area contributed by atoms with E-state index in [1.165, 1.54) is 10.5 Å². The third-order valence-electron chi connectivity index (χ3n) is 3.67. The summed E-state index contributed by atoms with van der Waals surface area (Å²) in [6.07, 6.45) is 16.2. The minimum absolute atomic E-state index is 0.599. The quantitative estimate of drug-likeness (QED) is 0.387. The average Bonchev–Trinajstić information content (AvgIpc) is 3.08. The first-order valence-electron chi connectivity index (χ1n) is 9.77. The molecule has 0 aliphatic carbocycles. The Morgan fingerprint density at radius 3 is 2.41 bits per heavy atom. The number of allylic oxidation sites excluding steroid dienone is 8. The van der Waals surface area contributed by atoms with Gasteiger partial charge in [-0.15, -0.1) is 0 Å². The first-order chi connectivity index (χ1) is 14.0. The van der Waals surface area contributed by atoms with Crippen LogP contribution in [0.3, 0.4) is 0 Å². The molecule has 0 aromatic rings. The SMILES string of the molecule is C/C=C1\C(=NC)NC(C(/C)=C/C=C\COC)=C1S/C=C/CC.C=C(Cl)/C=C\CC. The third kappa shape index (κ3) is 11.1. The highest BCUT2D eigenvalue weighted by molar-refractivity contribution is 8.06. The van der Waals surface area contributed by atoms with E-state index in [-0.39, 0.29) is 0 Å². The van der Waals surface area contributed by atoms with Crippen molar-refractivity contribution >= 4 is 29.2 Å². The molecule has 160 valence electrons. The number of amidine groups is 1. The highest BCUT2D eigenvalue weighted by Gasteiger charge is 2.25. The monoisotopic (exact) mass is 434 g/mol. The van der Waals surface area contributed by atoms with Gasteiger partial charge in [-0.3, -0.25) is 4.99 Å². The van der Waals surface area contributed by atoms with Crippen molar-refractivity contribution < 1.29 is 4.74 Å². The first kappa shape index (κ1) is 27.2. The van der Waals surface area contributed by atoms with E-state index >= 15 is 0 Å². The van der Waals surface area contributed by atoms with Gasteiger partial charge in [0.1, 0.15) is 5.84 Å². The van der Waals surface area contributed by atoms with E-state index in [2.05, 4.69) is 61.3 Å². The lowest BCUT2D eigenvalue weighted by molar-refractivity contribution is 0.234. The minimum atomic E-state index is 0.599. The molecule has 0 atom stereocenters. The Bertz CT molecular complexity index is 725. The molecule has 0 unspecified atom stereocenters. The predicted molar refractivity (Wildman–Crippen MR) is 133 cm³/mol. The van der Waals surface area contributed by atoms with E-state index in [1.807, 2.05) is 32.2 Å². The van der Waals surface area contributed by atoms with Crippen LogP contribution in [-0.4, -0.2) is 26.6 Å². The molecule has 0 aromatic carbocycles. The van der Waals surface area contributed by atoms with E-state index in [1.54, 1.807) is 24.9 Å². The topological polar surface area (TPSA) is 33.6 Å². The summed E-state index contributed by atoms with van der Waals surface area (Å²) in [6, 6.07) is 0. The van der Waals surface area contributed by atoms with Gasteiger partial charge < -0.3 is 10.1 Å². The van der Waals surface area contributed by atoms with Gasteiger partial charge in [-0.1, -0.05) is 80.2 Å². The third-order valence-corrected chi connectivity index (χ3v) is 4.79. The molecule has 1 rings (SSSR count). The van der Waals surface area contributed by atoms with Crippen LogP contribution in [0.2, 0.25) is 0 Å². The number of hydrogen-bond donors (Lipinski definition) is 1. The second-order valence-corrected chi connectivity index (χ2v) is 7.39. The van der Waals surface area contributed by atoms with E-state index < -0.39 is 0 Å². The van der Waals surface area contributed by atoms with Crippen molar-refractivity contribution in [2.24, 2.45) is 4.99 Å². The Kier molecular flexibility index (Phi) is 16.1. The number of aliphatic imine (C=N–C) groups is 1. The van der Waals surface area contributed by atoms with Crippen LogP contribution in [0.4, 0.5) is 0 Å². The molecular weight excluding hydrogens is 400 g/mol. The molecule has 0 fully saturated rings. The summed E-state index contributed by atoms with van der Waals surface area (Å²) in [5, 5.41) is 6.18. The lowest BCUT2D eigenvalue weighted by Gasteiger charge is -2.05. The molecule has 0 saturated carbocycles. The maximum atomic E-state index is 5.38. The number of hydrogen-bond acceptors (Lipinski definition) is 3. The van der Waals surface area contributed by atoms with Gasteiger partial charge >= 0.3 is 0 Å². The largest absolute Gasteiger partial charge is 0.381 e. The molecule has 3 nitrogen and oxygen atoms in total. The first-order valence-corrected chi connectivity index (χ1v) is 11.0. The number of nitrogens with one attached hydrogen (secondary N) is 1. The predicted octanol–water partition coefficient (Wildman–Crippen LogP) is 7.29. The van der Waals surface area contributed by atoms with Gasteiger partial charge in [0.2, 0.25) is 0 Å². The fourth-order valence-corrected chi connectivity index (χ4v) is 3.42. The summed E-state index contributed by atoms with van der Waals surface area (Å²) in [6.45, 7) is 12.4. The highest BCUT2D eigenvalue weighted by atomic mass is 35.5. The lowest BCUT2D eigenvalue weighted by Crippen LogP contribution is -2.17. The van der Waals surface area contributed by atoms with Crippen LogP contribution in [0.1, 0.15) is 40.5 Å². The zero-order chi connectivity index (χ0) is 22.1. The van der Waals surface area contributed by atoms with Gasteiger partial charge in [-0.25, -0.2) is 0 Å². The summed E-state index contributed by atoms with van der Waals surface area (Å²) >= 11 is 7.11. The zero-order valence-corrected chi connectivity index (χ0v) is 20.2. The molecule has 0 spiro atoms. The van der Waals surface area contributed by atoms with Crippen molar-refractivity contribution in [3.63, 3.8) is 0 Å². The van der Waals surface area contributed by atoms with E-state index in [4.69, 9.17) is 16.3 Å². The average molecular weight is 435 g/mol. The van der Waals surface area contributed by atoms with Crippen LogP contribution >= 0.6 is 23.4 Å². The number of halogens is 1. The molecule has 0 aromatic heterocycles. The number of ether oxygens (including phenoxy) is 1. The van der Waals surface area contributed by atoms with Crippen LogP contribution < -0.4 is 5.32 Å². The van der Waals surface area contributed by atoms with Gasteiger partial charge in [0.05, 0.1) is 12.3 Å². The normalized spacial score (nSPS) is 17.7. The number of thioether (sulfide) groups is 1. The van der Waals surface area contributed by atoms with Crippen molar-refractivity contribution in [1.29, 1.82) is 0 Å². The van der Waals surface area contributed by atoms with Crippen molar-refractivity contribution in [2.75, 3.05) is 20.8 Å². The van der Waals surface area contributed by atoms with E-state index in [9.17, 15) is 0 Å². The maximum absolute atomic E-state index is 5.38. The number of methoxy groups -OCH3 is 1. The maximum Gasteiger partial charge on any atom is 0.133 e. The Morgan fingerprint density at radius 1 is 1.24 bits per heavy atom. The van der Waals surface area contributed by atoms with Gasteiger partial charge in [0, 0.05) is 29.7 Å². The van der Waals surface area contributed by atoms with Crippen LogP contribution in [-0.2, 0) is 4.74 Å². The van der Waals surface area contributed by atoms with Crippen LogP contribution in [0, 0.1) is 0 Å². The molecule has 29 heavy (non-hydrogen) atoms. The van der Waals surface area contributed by atoms with Crippen molar-refractivity contribution in [3.8, 4) is 0 Å². The molecular formula is C24H35ClN2OS. The van der Waals surface area contributed by atoms with Crippen LogP contribution in [0.25, 0.3) is 0 Å². The standard InChI is InChI=1S/C18H26N2OS.C6H9Cl/c1-6-8-13-22-17-15(7-2)18(19-4)20-16(17)14(3)11-9-10-12-21-5;1-3-4-5-6(2)7/h7-11,13H,6,12H2,1-5H3,(H,19,20);4-5H,2-3H2,1H3/b10-9-,13-8+,14-11+,15-7-;5-4-. The fraction of sp³-hybridized carbons (Fsp3) is 0.375. The second kappa shape index (κ2) is 17.1. The molecule has 5 heteroatoms. The highest BCUT2D eigenvalue weighted by Crippen LogP contribution is 2.35. The Balaban J connectivity index is 0.000000956. The molecule has 0 radical (unpaired) electrons. The van der Waals surface area contributed by atoms with Crippen molar-refractivity contribution in [1.82, 2.24) is 5.32 Å². The number of rotatable bonds is 9. The van der Waals surface area contributed by atoms with Gasteiger partial charge in [0.25, 0.3) is 0 Å². The summed E-state index contributed by atoms with van der Waals surface area (Å²) < 4.78 is 5.02. The van der Waals surface area contributed by atoms with Gasteiger partial charge in [0.15, 0.2) is 0 Å². The molecule has 0 bridgehead atoms. The smallest absolute Gasteiger partial charge is 0.133 e. The molecule has 0 saturated heterocycles. The molecule has 1 N–H and O–H groups in total.